The zero-order chi connectivity index (χ0) is 13.0. The predicted molar refractivity (Wildman–Crippen MR) is 74.3 cm³/mol. The van der Waals surface area contributed by atoms with Crippen LogP contribution in [0.1, 0.15) is 32.3 Å². The molecule has 1 heterocycles. The van der Waals surface area contributed by atoms with E-state index in [9.17, 15) is 4.79 Å². The Morgan fingerprint density at radius 1 is 1.06 bits per heavy atom. The van der Waals surface area contributed by atoms with Crippen molar-refractivity contribution in [1.82, 2.24) is 4.90 Å². The molecule has 1 aromatic carbocycles. The molecule has 1 fully saturated rings. The van der Waals surface area contributed by atoms with Crippen LogP contribution in [0.15, 0.2) is 30.3 Å². The number of ketones is 1. The molecular weight excluding hydrogens is 222 g/mol. The third-order valence-electron chi connectivity index (χ3n) is 4.00. The number of Topliss-reactive ketones (excluding diaryl/α,β-unsaturated/α-hetero) is 1. The van der Waals surface area contributed by atoms with Gasteiger partial charge in [0.1, 0.15) is 5.78 Å². The predicted octanol–water partition coefficient (Wildman–Crippen LogP) is 3.12. The second-order valence-corrected chi connectivity index (χ2v) is 5.29. The average molecular weight is 245 g/mol. The van der Waals surface area contributed by atoms with Crippen LogP contribution in [0.5, 0.6) is 0 Å². The summed E-state index contributed by atoms with van der Waals surface area (Å²) in [6.45, 7) is 7.09. The number of carbonyl (C=O) groups is 1. The van der Waals surface area contributed by atoms with Crippen molar-refractivity contribution < 1.29 is 4.79 Å². The number of benzene rings is 1. The van der Waals surface area contributed by atoms with Crippen LogP contribution in [-0.2, 0) is 11.3 Å². The zero-order valence-electron chi connectivity index (χ0n) is 11.4. The Morgan fingerprint density at radius 2 is 1.61 bits per heavy atom. The Morgan fingerprint density at radius 3 is 2.11 bits per heavy atom. The Kier molecular flexibility index (Phi) is 4.54. The Labute approximate surface area is 110 Å². The molecule has 2 unspecified atom stereocenters. The van der Waals surface area contributed by atoms with E-state index < -0.39 is 0 Å². The second kappa shape index (κ2) is 6.14. The first-order valence-electron chi connectivity index (χ1n) is 7.04. The minimum Gasteiger partial charge on any atom is -0.299 e. The number of hydrogen-bond acceptors (Lipinski definition) is 2. The van der Waals surface area contributed by atoms with E-state index in [1.54, 1.807) is 0 Å². The lowest BCUT2D eigenvalue weighted by atomic mass is 9.84. The van der Waals surface area contributed by atoms with Crippen LogP contribution in [0.2, 0.25) is 0 Å². The molecule has 0 aliphatic carbocycles. The van der Waals surface area contributed by atoms with Crippen molar-refractivity contribution in [2.45, 2.75) is 33.2 Å². The van der Waals surface area contributed by atoms with Gasteiger partial charge < -0.3 is 0 Å². The van der Waals surface area contributed by atoms with Crippen molar-refractivity contribution in [3.63, 3.8) is 0 Å². The van der Waals surface area contributed by atoms with Gasteiger partial charge in [0.05, 0.1) is 0 Å². The molecular formula is C16H23NO. The van der Waals surface area contributed by atoms with Gasteiger partial charge in [-0.2, -0.15) is 0 Å². The lowest BCUT2D eigenvalue weighted by Crippen LogP contribution is -2.46. The van der Waals surface area contributed by atoms with E-state index in [0.717, 1.165) is 32.5 Å². The minimum atomic E-state index is 0.243. The van der Waals surface area contributed by atoms with Crippen LogP contribution >= 0.6 is 0 Å². The summed E-state index contributed by atoms with van der Waals surface area (Å²) in [5.41, 5.74) is 1.34. The Balaban J connectivity index is 2.03. The van der Waals surface area contributed by atoms with Crippen molar-refractivity contribution in [3.05, 3.63) is 35.9 Å². The fourth-order valence-corrected chi connectivity index (χ4v) is 2.84. The van der Waals surface area contributed by atoms with Gasteiger partial charge in [0.25, 0.3) is 0 Å². The molecule has 1 aliphatic rings. The van der Waals surface area contributed by atoms with Gasteiger partial charge in [0.2, 0.25) is 0 Å². The summed E-state index contributed by atoms with van der Waals surface area (Å²) in [4.78, 5) is 14.6. The van der Waals surface area contributed by atoms with E-state index >= 15 is 0 Å². The highest BCUT2D eigenvalue weighted by Crippen LogP contribution is 2.24. The van der Waals surface area contributed by atoms with Crippen molar-refractivity contribution >= 4 is 5.78 Å². The summed E-state index contributed by atoms with van der Waals surface area (Å²) in [6.07, 6.45) is 1.95. The molecule has 1 aliphatic heterocycles. The van der Waals surface area contributed by atoms with Gasteiger partial charge in [0.15, 0.2) is 0 Å². The number of likely N-dealkylation sites (tertiary alicyclic amines) is 1. The van der Waals surface area contributed by atoms with Gasteiger partial charge >= 0.3 is 0 Å². The van der Waals surface area contributed by atoms with Gasteiger partial charge in [-0.3, -0.25) is 9.69 Å². The third kappa shape index (κ3) is 2.99. The molecule has 2 atom stereocenters. The maximum absolute atomic E-state index is 12.2. The van der Waals surface area contributed by atoms with Crippen LogP contribution in [0.3, 0.4) is 0 Å². The van der Waals surface area contributed by atoms with E-state index in [1.807, 2.05) is 6.07 Å². The molecule has 1 aromatic rings. The molecule has 0 N–H and O–H groups in total. The van der Waals surface area contributed by atoms with Gasteiger partial charge in [0, 0.05) is 31.5 Å². The molecule has 2 nitrogen and oxygen atoms in total. The van der Waals surface area contributed by atoms with Gasteiger partial charge in [-0.25, -0.2) is 0 Å². The number of carbonyl (C=O) groups excluding carboxylic acids is 1. The van der Waals surface area contributed by atoms with Crippen molar-refractivity contribution in [2.75, 3.05) is 13.1 Å². The smallest absolute Gasteiger partial charge is 0.141 e. The van der Waals surface area contributed by atoms with Crippen LogP contribution in [0, 0.1) is 11.8 Å². The summed E-state index contributed by atoms with van der Waals surface area (Å²) in [7, 11) is 0. The maximum atomic E-state index is 12.2. The van der Waals surface area contributed by atoms with E-state index in [1.165, 1.54) is 5.56 Å². The summed E-state index contributed by atoms with van der Waals surface area (Å²) in [5, 5.41) is 0. The van der Waals surface area contributed by atoms with E-state index in [4.69, 9.17) is 0 Å². The lowest BCUT2D eigenvalue weighted by Gasteiger charge is -2.36. The normalized spacial score (nSPS) is 25.3. The molecule has 0 saturated carbocycles. The Hall–Kier alpha value is -1.15. The van der Waals surface area contributed by atoms with Gasteiger partial charge in [-0.05, 0) is 18.4 Å². The van der Waals surface area contributed by atoms with Crippen LogP contribution in [0.25, 0.3) is 0 Å². The SMILES string of the molecule is CCC1CN(Cc2ccccc2)CC(CC)C1=O. The molecule has 98 valence electrons. The summed E-state index contributed by atoms with van der Waals surface area (Å²) in [5.74, 6) is 0.976. The van der Waals surface area contributed by atoms with E-state index in [2.05, 4.69) is 43.0 Å². The first-order valence-corrected chi connectivity index (χ1v) is 7.04. The highest BCUT2D eigenvalue weighted by Gasteiger charge is 2.32. The van der Waals surface area contributed by atoms with Gasteiger partial charge in [-0.15, -0.1) is 0 Å². The topological polar surface area (TPSA) is 20.3 Å². The standard InChI is InChI=1S/C16H23NO/c1-3-14-11-17(12-15(4-2)16(14)18)10-13-8-6-5-7-9-13/h5-9,14-15H,3-4,10-12H2,1-2H3. The van der Waals surface area contributed by atoms with Crippen LogP contribution < -0.4 is 0 Å². The van der Waals surface area contributed by atoms with Crippen LogP contribution in [-0.4, -0.2) is 23.8 Å². The fraction of sp³-hybridized carbons (Fsp3) is 0.562. The highest BCUT2D eigenvalue weighted by molar-refractivity contribution is 5.84. The van der Waals surface area contributed by atoms with Crippen LogP contribution in [0.4, 0.5) is 0 Å². The molecule has 2 heteroatoms. The van der Waals surface area contributed by atoms with Crippen molar-refractivity contribution in [3.8, 4) is 0 Å². The lowest BCUT2D eigenvalue weighted by molar-refractivity contribution is -0.131. The highest BCUT2D eigenvalue weighted by atomic mass is 16.1. The number of hydrogen-bond donors (Lipinski definition) is 0. The van der Waals surface area contributed by atoms with E-state index in [0.29, 0.717) is 5.78 Å². The van der Waals surface area contributed by atoms with Gasteiger partial charge in [-0.1, -0.05) is 44.2 Å². The quantitative estimate of drug-likeness (QED) is 0.812. The summed E-state index contributed by atoms with van der Waals surface area (Å²) < 4.78 is 0. The molecule has 0 aromatic heterocycles. The third-order valence-corrected chi connectivity index (χ3v) is 4.00. The molecule has 1 saturated heterocycles. The first kappa shape index (κ1) is 13.3. The average Bonchev–Trinajstić information content (AvgIpc) is 2.41. The summed E-state index contributed by atoms with van der Waals surface area (Å²) >= 11 is 0. The number of nitrogens with zero attached hydrogens (tertiary/aromatic N) is 1. The fourth-order valence-electron chi connectivity index (χ4n) is 2.84. The number of rotatable bonds is 4. The van der Waals surface area contributed by atoms with Crippen molar-refractivity contribution in [2.24, 2.45) is 11.8 Å². The molecule has 18 heavy (non-hydrogen) atoms. The largest absolute Gasteiger partial charge is 0.299 e. The minimum absolute atomic E-state index is 0.243. The molecule has 0 radical (unpaired) electrons. The second-order valence-electron chi connectivity index (χ2n) is 5.29. The first-order chi connectivity index (χ1) is 8.74. The Bertz CT molecular complexity index is 371. The summed E-state index contributed by atoms with van der Waals surface area (Å²) in [6, 6.07) is 10.5. The zero-order valence-corrected chi connectivity index (χ0v) is 11.4. The maximum Gasteiger partial charge on any atom is 0.141 e. The molecule has 2 rings (SSSR count). The monoisotopic (exact) mass is 245 g/mol. The van der Waals surface area contributed by atoms with E-state index in [-0.39, 0.29) is 11.8 Å². The molecule has 0 bridgehead atoms. The molecule has 0 spiro atoms. The van der Waals surface area contributed by atoms with Crippen molar-refractivity contribution in [1.29, 1.82) is 0 Å². The molecule has 0 amide bonds. The number of piperidine rings is 1.